The smallest absolute Gasteiger partial charge is 0.266 e. The number of sulfonamides is 1. The van der Waals surface area contributed by atoms with E-state index in [-0.39, 0.29) is 22.5 Å². The quantitative estimate of drug-likeness (QED) is 0.583. The molecular weight excluding hydrogens is 408 g/mol. The number of benzene rings is 2. The minimum atomic E-state index is -3.95. The van der Waals surface area contributed by atoms with Gasteiger partial charge in [0.05, 0.1) is 14.2 Å². The lowest BCUT2D eigenvalue weighted by atomic mass is 10.1. The number of rotatable bonds is 7. The number of hydrogen-bond donors (Lipinski definition) is 2. The maximum Gasteiger partial charge on any atom is 0.266 e. The Morgan fingerprint density at radius 3 is 2.70 bits per heavy atom. The van der Waals surface area contributed by atoms with E-state index in [0.29, 0.717) is 23.3 Å². The summed E-state index contributed by atoms with van der Waals surface area (Å²) in [7, 11) is -1.01. The van der Waals surface area contributed by atoms with Gasteiger partial charge in [-0.05, 0) is 36.2 Å². The molecule has 0 aliphatic carbocycles. The maximum absolute atomic E-state index is 12.9. The molecule has 0 radical (unpaired) electrons. The van der Waals surface area contributed by atoms with E-state index in [2.05, 4.69) is 14.8 Å². The Kier molecular flexibility index (Phi) is 5.54. The second kappa shape index (κ2) is 8.13. The fourth-order valence-electron chi connectivity index (χ4n) is 3.70. The monoisotopic (exact) mass is 432 g/mol. The molecule has 1 atom stereocenters. The second-order valence-electron chi connectivity index (χ2n) is 7.24. The maximum atomic E-state index is 12.9. The molecule has 3 N–H and O–H groups in total. The van der Waals surface area contributed by atoms with Crippen molar-refractivity contribution in [2.75, 3.05) is 32.0 Å². The normalized spacial score (nSPS) is 17.4. The molecule has 9 nitrogen and oxygen atoms in total. The Balaban J connectivity index is 1.67. The summed E-state index contributed by atoms with van der Waals surface area (Å²) in [6.45, 7) is 2.46. The lowest BCUT2D eigenvalue weighted by Crippen LogP contribution is -2.26. The minimum Gasteiger partial charge on any atom is -0.496 e. The van der Waals surface area contributed by atoms with Crippen molar-refractivity contribution >= 4 is 26.8 Å². The van der Waals surface area contributed by atoms with Crippen LogP contribution >= 0.6 is 0 Å². The van der Waals surface area contributed by atoms with Crippen LogP contribution in [0.15, 0.2) is 45.8 Å². The number of fused-ring (bicyclic) bond motifs is 1. The number of ether oxygens (including phenoxy) is 2. The van der Waals surface area contributed by atoms with Gasteiger partial charge in [-0.15, -0.1) is 0 Å². The van der Waals surface area contributed by atoms with E-state index in [1.807, 2.05) is 12.1 Å². The molecule has 0 bridgehead atoms. The zero-order chi connectivity index (χ0) is 21.3. The van der Waals surface area contributed by atoms with E-state index >= 15 is 0 Å². The average Bonchev–Trinajstić information content (AvgIpc) is 3.33. The van der Waals surface area contributed by atoms with Gasteiger partial charge in [0, 0.05) is 25.7 Å². The molecule has 2 heterocycles. The number of likely N-dealkylation sites (tertiary alicyclic amines) is 1. The standard InChI is InChI=1S/C20H24N4O5S/c1-27-15-5-3-4-6-18(15)30(25,26)23-20-19-16(28-2)9-13(10-17(19)29-22-20)11-24-8-7-14(21)12-24/h3-6,9-10,14H,7-8,11-12,21H2,1-2H3,(H,22,23). The molecule has 0 amide bonds. The van der Waals surface area contributed by atoms with Crippen LogP contribution < -0.4 is 19.9 Å². The van der Waals surface area contributed by atoms with E-state index in [9.17, 15) is 8.42 Å². The molecule has 3 aromatic rings. The first-order valence-corrected chi connectivity index (χ1v) is 11.0. The molecular formula is C20H24N4O5S. The molecule has 0 spiro atoms. The van der Waals surface area contributed by atoms with Crippen LogP contribution in [0.1, 0.15) is 12.0 Å². The van der Waals surface area contributed by atoms with E-state index < -0.39 is 10.0 Å². The van der Waals surface area contributed by atoms with Crippen LogP contribution in [0.2, 0.25) is 0 Å². The largest absolute Gasteiger partial charge is 0.496 e. The first kappa shape index (κ1) is 20.5. The van der Waals surface area contributed by atoms with E-state index in [1.165, 1.54) is 20.3 Å². The van der Waals surface area contributed by atoms with Gasteiger partial charge in [0.1, 0.15) is 21.8 Å². The van der Waals surface area contributed by atoms with Crippen LogP contribution in [0.5, 0.6) is 11.5 Å². The summed E-state index contributed by atoms with van der Waals surface area (Å²) in [4.78, 5) is 2.26. The van der Waals surface area contributed by atoms with Gasteiger partial charge < -0.3 is 19.7 Å². The van der Waals surface area contributed by atoms with Gasteiger partial charge in [-0.1, -0.05) is 17.3 Å². The van der Waals surface area contributed by atoms with Crippen LogP contribution in [0, 0.1) is 0 Å². The van der Waals surface area contributed by atoms with Crippen molar-refractivity contribution in [1.29, 1.82) is 0 Å². The molecule has 1 unspecified atom stereocenters. The molecule has 0 saturated carbocycles. The molecule has 2 aromatic carbocycles. The molecule has 1 saturated heterocycles. The van der Waals surface area contributed by atoms with Gasteiger partial charge in [-0.3, -0.25) is 9.62 Å². The molecule has 1 aliphatic rings. The molecule has 1 aliphatic heterocycles. The van der Waals surface area contributed by atoms with Crippen molar-refractivity contribution in [1.82, 2.24) is 10.1 Å². The van der Waals surface area contributed by atoms with Crippen molar-refractivity contribution < 1.29 is 22.4 Å². The molecule has 10 heteroatoms. The average molecular weight is 433 g/mol. The summed E-state index contributed by atoms with van der Waals surface area (Å²) in [5, 5.41) is 4.39. The molecule has 160 valence electrons. The van der Waals surface area contributed by atoms with Crippen LogP contribution in [0.3, 0.4) is 0 Å². The van der Waals surface area contributed by atoms with Crippen LogP contribution in [-0.4, -0.2) is 51.8 Å². The second-order valence-corrected chi connectivity index (χ2v) is 8.89. The highest BCUT2D eigenvalue weighted by molar-refractivity contribution is 7.92. The van der Waals surface area contributed by atoms with E-state index in [4.69, 9.17) is 19.7 Å². The SMILES string of the molecule is COc1ccccc1S(=O)(=O)Nc1noc2cc(CN3CCC(N)C3)cc(OC)c12. The Morgan fingerprint density at radius 2 is 2.00 bits per heavy atom. The van der Waals surface area contributed by atoms with Crippen LogP contribution in [0.4, 0.5) is 5.82 Å². The topological polar surface area (TPSA) is 120 Å². The fourth-order valence-corrected chi connectivity index (χ4v) is 4.88. The predicted octanol–water partition coefficient (Wildman–Crippen LogP) is 2.18. The number of nitrogens with two attached hydrogens (primary N) is 1. The van der Waals surface area contributed by atoms with Crippen molar-refractivity contribution in [3.8, 4) is 11.5 Å². The summed E-state index contributed by atoms with van der Waals surface area (Å²) in [6, 6.07) is 10.2. The van der Waals surface area contributed by atoms with Gasteiger partial charge in [-0.25, -0.2) is 8.42 Å². The van der Waals surface area contributed by atoms with Gasteiger partial charge >= 0.3 is 0 Å². The van der Waals surface area contributed by atoms with Gasteiger partial charge in [0.25, 0.3) is 10.0 Å². The summed E-state index contributed by atoms with van der Waals surface area (Å²) in [6.07, 6.45) is 0.969. The number of methoxy groups -OCH3 is 2. The zero-order valence-corrected chi connectivity index (χ0v) is 17.6. The summed E-state index contributed by atoms with van der Waals surface area (Å²) in [5.74, 6) is 0.767. The van der Waals surface area contributed by atoms with Crippen molar-refractivity contribution in [2.45, 2.75) is 23.9 Å². The van der Waals surface area contributed by atoms with E-state index in [1.54, 1.807) is 18.2 Å². The molecule has 30 heavy (non-hydrogen) atoms. The summed E-state index contributed by atoms with van der Waals surface area (Å²) in [5.41, 5.74) is 7.40. The number of para-hydroxylation sites is 1. The zero-order valence-electron chi connectivity index (χ0n) is 16.8. The highest BCUT2D eigenvalue weighted by atomic mass is 32.2. The Labute approximate surface area is 174 Å². The molecule has 1 aromatic heterocycles. The highest BCUT2D eigenvalue weighted by Crippen LogP contribution is 2.36. The van der Waals surface area contributed by atoms with Gasteiger partial charge in [0.15, 0.2) is 11.4 Å². The number of nitrogens with one attached hydrogen (secondary N) is 1. The fraction of sp³-hybridized carbons (Fsp3) is 0.350. The van der Waals surface area contributed by atoms with Crippen LogP contribution in [-0.2, 0) is 16.6 Å². The summed E-state index contributed by atoms with van der Waals surface area (Å²) >= 11 is 0. The van der Waals surface area contributed by atoms with Crippen molar-refractivity contribution in [3.63, 3.8) is 0 Å². The first-order valence-electron chi connectivity index (χ1n) is 9.51. The summed E-state index contributed by atoms with van der Waals surface area (Å²) < 4.78 is 44.4. The third-order valence-electron chi connectivity index (χ3n) is 5.12. The van der Waals surface area contributed by atoms with Crippen molar-refractivity contribution in [2.24, 2.45) is 5.73 Å². The Hall–Kier alpha value is -2.82. The third kappa shape index (κ3) is 3.93. The molecule has 4 rings (SSSR count). The van der Waals surface area contributed by atoms with Crippen LogP contribution in [0.25, 0.3) is 11.0 Å². The lowest BCUT2D eigenvalue weighted by Gasteiger charge is -2.16. The van der Waals surface area contributed by atoms with Crippen molar-refractivity contribution in [3.05, 3.63) is 42.0 Å². The number of aromatic nitrogens is 1. The third-order valence-corrected chi connectivity index (χ3v) is 6.50. The van der Waals surface area contributed by atoms with Gasteiger partial charge in [-0.2, -0.15) is 0 Å². The molecule has 1 fully saturated rings. The number of hydrogen-bond acceptors (Lipinski definition) is 8. The minimum absolute atomic E-state index is 0.00427. The predicted molar refractivity (Wildman–Crippen MR) is 112 cm³/mol. The first-order chi connectivity index (χ1) is 14.4. The lowest BCUT2D eigenvalue weighted by molar-refractivity contribution is 0.326. The number of anilines is 1. The van der Waals surface area contributed by atoms with E-state index in [0.717, 1.165) is 25.1 Å². The van der Waals surface area contributed by atoms with Gasteiger partial charge in [0.2, 0.25) is 0 Å². The Morgan fingerprint density at radius 1 is 1.23 bits per heavy atom. The highest BCUT2D eigenvalue weighted by Gasteiger charge is 2.25. The number of nitrogens with zero attached hydrogens (tertiary/aromatic N) is 2. The Bertz CT molecular complexity index is 1160.